The maximum atomic E-state index is 13.2. The fraction of sp³-hybridized carbons (Fsp3) is 0.381. The van der Waals surface area contributed by atoms with E-state index in [0.29, 0.717) is 43.9 Å². The molecule has 8 heteroatoms. The number of carbonyl (C=O) groups is 1. The third kappa shape index (κ3) is 4.22. The SMILES string of the molecule is O=C(c1ccc(N2CCCS2(=O)=O)cc1)N1CCCN(c2ccc(F)cc2)CC1. The Morgan fingerprint density at radius 3 is 2.14 bits per heavy atom. The van der Waals surface area contributed by atoms with E-state index < -0.39 is 10.0 Å². The number of hydrogen-bond donors (Lipinski definition) is 0. The van der Waals surface area contributed by atoms with Crippen molar-refractivity contribution in [1.82, 2.24) is 4.90 Å². The van der Waals surface area contributed by atoms with Crippen LogP contribution in [0.5, 0.6) is 0 Å². The van der Waals surface area contributed by atoms with Crippen LogP contribution in [0.1, 0.15) is 23.2 Å². The minimum atomic E-state index is -3.22. The van der Waals surface area contributed by atoms with Gasteiger partial charge in [-0.25, -0.2) is 12.8 Å². The summed E-state index contributed by atoms with van der Waals surface area (Å²) < 4.78 is 38.7. The van der Waals surface area contributed by atoms with Crippen LogP contribution < -0.4 is 9.21 Å². The molecule has 2 aliphatic heterocycles. The Morgan fingerprint density at radius 1 is 0.793 bits per heavy atom. The summed E-state index contributed by atoms with van der Waals surface area (Å²) in [6, 6.07) is 13.2. The molecule has 0 spiro atoms. The Bertz CT molecular complexity index is 977. The zero-order valence-electron chi connectivity index (χ0n) is 16.1. The second-order valence-corrected chi connectivity index (χ2v) is 9.41. The quantitative estimate of drug-likeness (QED) is 0.771. The topological polar surface area (TPSA) is 60.9 Å². The summed E-state index contributed by atoms with van der Waals surface area (Å²) in [7, 11) is -3.22. The summed E-state index contributed by atoms with van der Waals surface area (Å²) in [5.41, 5.74) is 2.12. The lowest BCUT2D eigenvalue weighted by atomic mass is 10.1. The molecule has 1 amide bonds. The minimum absolute atomic E-state index is 0.0539. The van der Waals surface area contributed by atoms with E-state index in [9.17, 15) is 17.6 Å². The van der Waals surface area contributed by atoms with Crippen molar-refractivity contribution in [2.45, 2.75) is 12.8 Å². The number of amides is 1. The number of hydrogen-bond acceptors (Lipinski definition) is 4. The smallest absolute Gasteiger partial charge is 0.253 e. The predicted octanol–water partition coefficient (Wildman–Crippen LogP) is 2.72. The molecule has 0 N–H and O–H groups in total. The number of benzene rings is 2. The molecule has 2 aromatic rings. The second-order valence-electron chi connectivity index (χ2n) is 7.40. The highest BCUT2D eigenvalue weighted by atomic mass is 32.2. The van der Waals surface area contributed by atoms with Crippen LogP contribution in [0.4, 0.5) is 15.8 Å². The monoisotopic (exact) mass is 417 g/mol. The standard InChI is InChI=1S/C21H24FN3O3S/c22-18-5-9-19(10-6-18)23-11-1-12-24(15-14-23)21(26)17-3-7-20(8-4-17)25-13-2-16-29(25,27)28/h3-10H,1-2,11-16H2. The Hall–Kier alpha value is -2.61. The Labute approximate surface area is 170 Å². The number of halogens is 1. The van der Waals surface area contributed by atoms with Crippen LogP contribution in [0.25, 0.3) is 0 Å². The van der Waals surface area contributed by atoms with E-state index in [1.807, 2.05) is 4.90 Å². The Kier molecular flexibility index (Phi) is 5.45. The molecule has 0 saturated carbocycles. The van der Waals surface area contributed by atoms with Gasteiger partial charge in [-0.3, -0.25) is 9.10 Å². The molecule has 29 heavy (non-hydrogen) atoms. The normalized spacial score (nSPS) is 19.3. The van der Waals surface area contributed by atoms with Gasteiger partial charge in [-0.05, 0) is 61.4 Å². The molecule has 6 nitrogen and oxygen atoms in total. The maximum absolute atomic E-state index is 13.2. The van der Waals surface area contributed by atoms with Gasteiger partial charge in [-0.15, -0.1) is 0 Å². The lowest BCUT2D eigenvalue weighted by Crippen LogP contribution is -2.35. The van der Waals surface area contributed by atoms with Crippen molar-refractivity contribution in [3.63, 3.8) is 0 Å². The van der Waals surface area contributed by atoms with E-state index in [0.717, 1.165) is 18.7 Å². The van der Waals surface area contributed by atoms with Gasteiger partial charge in [-0.2, -0.15) is 0 Å². The van der Waals surface area contributed by atoms with Gasteiger partial charge in [0, 0.05) is 44.0 Å². The third-order valence-electron chi connectivity index (χ3n) is 5.48. The van der Waals surface area contributed by atoms with E-state index in [1.165, 1.54) is 16.4 Å². The molecule has 0 bridgehead atoms. The van der Waals surface area contributed by atoms with Gasteiger partial charge in [0.25, 0.3) is 5.91 Å². The van der Waals surface area contributed by atoms with E-state index >= 15 is 0 Å². The van der Waals surface area contributed by atoms with Crippen LogP contribution in [-0.4, -0.2) is 57.7 Å². The Morgan fingerprint density at radius 2 is 1.48 bits per heavy atom. The van der Waals surface area contributed by atoms with Gasteiger partial charge in [0.2, 0.25) is 10.0 Å². The highest BCUT2D eigenvalue weighted by Gasteiger charge is 2.28. The van der Waals surface area contributed by atoms with Crippen molar-refractivity contribution in [2.24, 2.45) is 0 Å². The van der Waals surface area contributed by atoms with Crippen LogP contribution in [0.15, 0.2) is 48.5 Å². The van der Waals surface area contributed by atoms with Crippen LogP contribution in [0.3, 0.4) is 0 Å². The van der Waals surface area contributed by atoms with Crippen molar-refractivity contribution in [2.75, 3.05) is 47.7 Å². The zero-order chi connectivity index (χ0) is 20.4. The molecule has 0 atom stereocenters. The number of anilines is 2. The molecule has 0 aliphatic carbocycles. The minimum Gasteiger partial charge on any atom is -0.370 e. The molecular weight excluding hydrogens is 393 g/mol. The van der Waals surface area contributed by atoms with E-state index in [-0.39, 0.29) is 17.5 Å². The molecule has 4 rings (SSSR count). The van der Waals surface area contributed by atoms with Gasteiger partial charge in [-0.1, -0.05) is 0 Å². The average molecular weight is 418 g/mol. The van der Waals surface area contributed by atoms with E-state index in [2.05, 4.69) is 4.90 Å². The van der Waals surface area contributed by atoms with Gasteiger partial charge >= 0.3 is 0 Å². The first-order valence-electron chi connectivity index (χ1n) is 9.84. The van der Waals surface area contributed by atoms with Crippen LogP contribution in [-0.2, 0) is 10.0 Å². The number of carbonyl (C=O) groups excluding carboxylic acids is 1. The average Bonchev–Trinajstić information content (AvgIpc) is 2.92. The molecule has 0 radical (unpaired) electrons. The van der Waals surface area contributed by atoms with E-state index in [4.69, 9.17) is 0 Å². The van der Waals surface area contributed by atoms with E-state index in [1.54, 1.807) is 36.4 Å². The van der Waals surface area contributed by atoms with Crippen molar-refractivity contribution < 1.29 is 17.6 Å². The van der Waals surface area contributed by atoms with Crippen molar-refractivity contribution in [3.8, 4) is 0 Å². The lowest BCUT2D eigenvalue weighted by Gasteiger charge is -2.24. The van der Waals surface area contributed by atoms with Gasteiger partial charge in [0.15, 0.2) is 0 Å². The first-order chi connectivity index (χ1) is 13.9. The summed E-state index contributed by atoms with van der Waals surface area (Å²) in [6.07, 6.45) is 1.45. The van der Waals surface area contributed by atoms with Crippen LogP contribution >= 0.6 is 0 Å². The van der Waals surface area contributed by atoms with Gasteiger partial charge < -0.3 is 9.80 Å². The molecule has 2 fully saturated rings. The fourth-order valence-electron chi connectivity index (χ4n) is 3.91. The van der Waals surface area contributed by atoms with Gasteiger partial charge in [0.05, 0.1) is 11.4 Å². The van der Waals surface area contributed by atoms with Crippen molar-refractivity contribution >= 4 is 27.3 Å². The van der Waals surface area contributed by atoms with Crippen LogP contribution in [0.2, 0.25) is 0 Å². The molecule has 0 aromatic heterocycles. The van der Waals surface area contributed by atoms with Crippen LogP contribution in [0, 0.1) is 5.82 Å². The summed E-state index contributed by atoms with van der Waals surface area (Å²) in [4.78, 5) is 16.9. The number of rotatable bonds is 3. The highest BCUT2D eigenvalue weighted by Crippen LogP contribution is 2.25. The largest absolute Gasteiger partial charge is 0.370 e. The highest BCUT2D eigenvalue weighted by molar-refractivity contribution is 7.93. The third-order valence-corrected chi connectivity index (χ3v) is 7.35. The van der Waals surface area contributed by atoms with Gasteiger partial charge in [0.1, 0.15) is 5.82 Å². The number of sulfonamides is 1. The molecule has 0 unspecified atom stereocenters. The molecular formula is C21H24FN3O3S. The summed E-state index contributed by atoms with van der Waals surface area (Å²) in [6.45, 7) is 3.21. The molecule has 2 heterocycles. The predicted molar refractivity (Wildman–Crippen MR) is 111 cm³/mol. The van der Waals surface area contributed by atoms with Crippen molar-refractivity contribution in [3.05, 3.63) is 59.9 Å². The first-order valence-corrected chi connectivity index (χ1v) is 11.5. The first kappa shape index (κ1) is 19.7. The molecule has 2 saturated heterocycles. The fourth-order valence-corrected chi connectivity index (χ4v) is 5.48. The maximum Gasteiger partial charge on any atom is 0.253 e. The molecule has 154 valence electrons. The molecule has 2 aliphatic rings. The van der Waals surface area contributed by atoms with Crippen molar-refractivity contribution in [1.29, 1.82) is 0 Å². The number of nitrogens with zero attached hydrogens (tertiary/aromatic N) is 3. The second kappa shape index (κ2) is 8.02. The summed E-state index contributed by atoms with van der Waals surface area (Å²) >= 11 is 0. The summed E-state index contributed by atoms with van der Waals surface area (Å²) in [5.74, 6) is -0.140. The zero-order valence-corrected chi connectivity index (χ0v) is 16.9. The molecule has 2 aromatic carbocycles. The lowest BCUT2D eigenvalue weighted by molar-refractivity contribution is 0.0767. The summed E-state index contributed by atoms with van der Waals surface area (Å²) in [5, 5.41) is 0. The Balaban J connectivity index is 1.42.